The number of Topliss-reactive ketones (excluding diaryl/α,β-unsaturated/α-hetero) is 1. The van der Waals surface area contributed by atoms with Gasteiger partial charge in [-0.25, -0.2) is 9.18 Å². The van der Waals surface area contributed by atoms with Gasteiger partial charge < -0.3 is 10.1 Å². The van der Waals surface area contributed by atoms with E-state index in [0.717, 1.165) is 11.8 Å². The maximum atomic E-state index is 14.0. The molecular formula is C19H19FN2O4S. The van der Waals surface area contributed by atoms with Gasteiger partial charge in [0.1, 0.15) is 5.82 Å². The lowest BCUT2D eigenvalue weighted by molar-refractivity contribution is -0.113. The maximum Gasteiger partial charge on any atom is 0.413 e. The first kappa shape index (κ1) is 20.4. The molecule has 142 valence electrons. The molecule has 6 nitrogen and oxygen atoms in total. The fourth-order valence-electron chi connectivity index (χ4n) is 2.19. The summed E-state index contributed by atoms with van der Waals surface area (Å²) in [6.07, 6.45) is -0.499. The lowest BCUT2D eigenvalue weighted by atomic mass is 10.1. The molecule has 0 radical (unpaired) electrons. The highest BCUT2D eigenvalue weighted by Crippen LogP contribution is 2.23. The average Bonchev–Trinajstić information content (AvgIpc) is 2.66. The Bertz CT molecular complexity index is 855. The Balaban J connectivity index is 1.92. The highest BCUT2D eigenvalue weighted by Gasteiger charge is 2.12. The first-order chi connectivity index (χ1) is 12.8. The number of nitrogens with one attached hydrogen (secondary N) is 1. The molecule has 0 bridgehead atoms. The van der Waals surface area contributed by atoms with Gasteiger partial charge in [-0.3, -0.25) is 14.5 Å². The van der Waals surface area contributed by atoms with Crippen LogP contribution in [-0.2, 0) is 9.53 Å². The molecule has 0 saturated carbocycles. The number of carbonyl (C=O) groups is 3. The van der Waals surface area contributed by atoms with E-state index in [1.54, 1.807) is 31.3 Å². The minimum absolute atomic E-state index is 0.0140. The molecule has 27 heavy (non-hydrogen) atoms. The Morgan fingerprint density at radius 1 is 1.15 bits per heavy atom. The number of thioether (sulfide) groups is 1. The molecule has 8 heteroatoms. The summed E-state index contributed by atoms with van der Waals surface area (Å²) in [4.78, 5) is 36.4. The van der Waals surface area contributed by atoms with Crippen molar-refractivity contribution in [3.63, 3.8) is 0 Å². The molecule has 0 heterocycles. The zero-order valence-electron chi connectivity index (χ0n) is 15.1. The fraction of sp³-hybridized carbons (Fsp3) is 0.211. The summed E-state index contributed by atoms with van der Waals surface area (Å²) in [5.74, 6) is -1.04. The predicted molar refractivity (Wildman–Crippen MR) is 103 cm³/mol. The third-order valence-corrected chi connectivity index (χ3v) is 4.73. The van der Waals surface area contributed by atoms with Crippen LogP contribution in [0.25, 0.3) is 0 Å². The number of rotatable bonds is 6. The Hall–Kier alpha value is -2.87. The van der Waals surface area contributed by atoms with Crippen LogP contribution in [0.4, 0.5) is 20.6 Å². The molecule has 2 aromatic rings. The van der Waals surface area contributed by atoms with Crippen LogP contribution >= 0.6 is 11.8 Å². The van der Waals surface area contributed by atoms with Crippen LogP contribution in [0.15, 0.2) is 47.4 Å². The zero-order chi connectivity index (χ0) is 20.0. The van der Waals surface area contributed by atoms with Crippen molar-refractivity contribution in [3.8, 4) is 0 Å². The standard InChI is InChI=1S/C19H19FN2O4S/c1-12(23)13-4-9-17(16(20)10-13)27-11-18(24)21-14-5-7-15(8-6-14)22(2)19(25)26-3/h4-10H,11H2,1-3H3,(H,21,24). The van der Waals surface area contributed by atoms with E-state index in [2.05, 4.69) is 10.1 Å². The number of methoxy groups -OCH3 is 1. The van der Waals surface area contributed by atoms with Crippen molar-refractivity contribution in [1.29, 1.82) is 0 Å². The van der Waals surface area contributed by atoms with Crippen LogP contribution in [-0.4, -0.2) is 37.7 Å². The number of ketones is 1. The summed E-state index contributed by atoms with van der Waals surface area (Å²) in [5.41, 5.74) is 1.45. The lowest BCUT2D eigenvalue weighted by Crippen LogP contribution is -2.25. The van der Waals surface area contributed by atoms with Gasteiger partial charge in [-0.2, -0.15) is 0 Å². The van der Waals surface area contributed by atoms with E-state index in [0.29, 0.717) is 21.8 Å². The average molecular weight is 390 g/mol. The summed E-state index contributed by atoms with van der Waals surface area (Å²) in [6, 6.07) is 10.8. The Morgan fingerprint density at radius 3 is 2.37 bits per heavy atom. The van der Waals surface area contributed by atoms with Gasteiger partial charge >= 0.3 is 6.09 Å². The van der Waals surface area contributed by atoms with Crippen molar-refractivity contribution < 1.29 is 23.5 Å². The Kier molecular flexibility index (Phi) is 6.95. The van der Waals surface area contributed by atoms with E-state index in [1.807, 2.05) is 0 Å². The normalized spacial score (nSPS) is 10.2. The highest BCUT2D eigenvalue weighted by molar-refractivity contribution is 8.00. The molecule has 0 spiro atoms. The number of carbonyl (C=O) groups excluding carboxylic acids is 3. The summed E-state index contributed by atoms with van der Waals surface area (Å²) in [6.45, 7) is 1.36. The summed E-state index contributed by atoms with van der Waals surface area (Å²) < 4.78 is 18.6. The van der Waals surface area contributed by atoms with E-state index in [-0.39, 0.29) is 17.4 Å². The molecule has 0 aromatic heterocycles. The third-order valence-electron chi connectivity index (χ3n) is 3.68. The number of ether oxygens (including phenoxy) is 1. The first-order valence-corrected chi connectivity index (χ1v) is 8.95. The predicted octanol–water partition coefficient (Wildman–Crippen LogP) is 3.96. The summed E-state index contributed by atoms with van der Waals surface area (Å²) in [5, 5.41) is 2.70. The monoisotopic (exact) mass is 390 g/mol. The van der Waals surface area contributed by atoms with E-state index in [9.17, 15) is 18.8 Å². The molecular weight excluding hydrogens is 371 g/mol. The smallest absolute Gasteiger partial charge is 0.413 e. The van der Waals surface area contributed by atoms with Crippen LogP contribution in [0.5, 0.6) is 0 Å². The molecule has 0 atom stereocenters. The number of nitrogens with zero attached hydrogens (tertiary/aromatic N) is 1. The van der Waals surface area contributed by atoms with Gasteiger partial charge in [-0.05, 0) is 43.3 Å². The third kappa shape index (κ3) is 5.55. The Labute approximate surface area is 160 Å². The minimum Gasteiger partial charge on any atom is -0.452 e. The van der Waals surface area contributed by atoms with Crippen LogP contribution < -0.4 is 10.2 Å². The van der Waals surface area contributed by atoms with Crippen LogP contribution in [0.2, 0.25) is 0 Å². The number of halogens is 1. The quantitative estimate of drug-likeness (QED) is 0.597. The topological polar surface area (TPSA) is 75.7 Å². The van der Waals surface area contributed by atoms with Gasteiger partial charge in [0, 0.05) is 28.9 Å². The van der Waals surface area contributed by atoms with Gasteiger partial charge in [0.25, 0.3) is 0 Å². The molecule has 2 rings (SSSR count). The summed E-state index contributed by atoms with van der Waals surface area (Å²) >= 11 is 1.04. The minimum atomic E-state index is -0.532. The van der Waals surface area contributed by atoms with Crippen molar-refractivity contribution in [3.05, 3.63) is 53.8 Å². The molecule has 0 fully saturated rings. The van der Waals surface area contributed by atoms with E-state index >= 15 is 0 Å². The summed E-state index contributed by atoms with van der Waals surface area (Å²) in [7, 11) is 2.86. The number of hydrogen-bond donors (Lipinski definition) is 1. The number of benzene rings is 2. The van der Waals surface area contributed by atoms with Crippen molar-refractivity contribution in [1.82, 2.24) is 0 Å². The van der Waals surface area contributed by atoms with Gasteiger partial charge in [-0.15, -0.1) is 11.8 Å². The first-order valence-electron chi connectivity index (χ1n) is 7.96. The van der Waals surface area contributed by atoms with Gasteiger partial charge in [0.05, 0.1) is 12.9 Å². The van der Waals surface area contributed by atoms with Crippen LogP contribution in [0, 0.1) is 5.82 Å². The molecule has 0 aliphatic carbocycles. The molecule has 0 aliphatic heterocycles. The fourth-order valence-corrected chi connectivity index (χ4v) is 2.91. The number of amides is 2. The molecule has 0 saturated heterocycles. The van der Waals surface area contributed by atoms with E-state index in [4.69, 9.17) is 0 Å². The van der Waals surface area contributed by atoms with Gasteiger partial charge in [0.15, 0.2) is 5.78 Å². The second kappa shape index (κ2) is 9.18. The number of anilines is 2. The van der Waals surface area contributed by atoms with E-state index < -0.39 is 11.9 Å². The molecule has 0 aliphatic rings. The van der Waals surface area contributed by atoms with Crippen molar-refractivity contribution >= 4 is 40.9 Å². The lowest BCUT2D eigenvalue weighted by Gasteiger charge is -2.16. The largest absolute Gasteiger partial charge is 0.452 e. The van der Waals surface area contributed by atoms with Crippen LogP contribution in [0.3, 0.4) is 0 Å². The van der Waals surface area contributed by atoms with Crippen molar-refractivity contribution in [2.24, 2.45) is 0 Å². The van der Waals surface area contributed by atoms with E-state index in [1.165, 1.54) is 37.1 Å². The Morgan fingerprint density at radius 2 is 1.81 bits per heavy atom. The molecule has 2 aromatic carbocycles. The maximum absolute atomic E-state index is 14.0. The number of hydrogen-bond acceptors (Lipinski definition) is 5. The molecule has 1 N–H and O–H groups in total. The van der Waals surface area contributed by atoms with Gasteiger partial charge in [0.2, 0.25) is 5.91 Å². The molecule has 2 amide bonds. The zero-order valence-corrected chi connectivity index (χ0v) is 15.9. The second-order valence-corrected chi connectivity index (χ2v) is 6.63. The van der Waals surface area contributed by atoms with Gasteiger partial charge in [-0.1, -0.05) is 6.07 Å². The van der Waals surface area contributed by atoms with Crippen molar-refractivity contribution in [2.45, 2.75) is 11.8 Å². The van der Waals surface area contributed by atoms with Crippen molar-refractivity contribution in [2.75, 3.05) is 30.1 Å². The van der Waals surface area contributed by atoms with Crippen LogP contribution in [0.1, 0.15) is 17.3 Å². The SMILES string of the molecule is COC(=O)N(C)c1ccc(NC(=O)CSc2ccc(C(C)=O)cc2F)cc1. The molecule has 0 unspecified atom stereocenters. The second-order valence-electron chi connectivity index (χ2n) is 5.61. The highest BCUT2D eigenvalue weighted by atomic mass is 32.2.